The van der Waals surface area contributed by atoms with Crippen LogP contribution < -0.4 is 11.1 Å². The Labute approximate surface area is 97.9 Å². The second-order valence-corrected chi connectivity index (χ2v) is 3.46. The molecule has 1 amide bonds. The van der Waals surface area contributed by atoms with Crippen LogP contribution in [-0.4, -0.2) is 33.7 Å². The van der Waals surface area contributed by atoms with Crippen molar-refractivity contribution in [2.75, 3.05) is 13.1 Å². The third kappa shape index (κ3) is 4.60. The minimum Gasteiger partial charge on any atom is -0.356 e. The van der Waals surface area contributed by atoms with E-state index in [-0.39, 0.29) is 18.0 Å². The van der Waals surface area contributed by atoms with Gasteiger partial charge in [-0.15, -0.1) is 0 Å². The maximum absolute atomic E-state index is 11.3. The van der Waals surface area contributed by atoms with Crippen molar-refractivity contribution in [3.8, 4) is 0 Å². The van der Waals surface area contributed by atoms with E-state index in [4.69, 9.17) is 5.73 Å². The molecule has 0 spiro atoms. The first-order valence-electron chi connectivity index (χ1n) is 5.27. The number of nitrogens with zero attached hydrogens (tertiary/aromatic N) is 3. The van der Waals surface area contributed by atoms with Gasteiger partial charge in [0, 0.05) is 19.5 Å². The highest BCUT2D eigenvalue weighted by Crippen LogP contribution is 2.07. The zero-order chi connectivity index (χ0) is 12.7. The molecule has 8 nitrogen and oxygen atoms in total. The predicted octanol–water partition coefficient (Wildman–Crippen LogP) is -0.354. The molecule has 0 aromatic carbocycles. The van der Waals surface area contributed by atoms with E-state index >= 15 is 0 Å². The number of nitro groups is 1. The second-order valence-electron chi connectivity index (χ2n) is 3.46. The van der Waals surface area contributed by atoms with Gasteiger partial charge in [0.1, 0.15) is 12.4 Å². The number of carbonyl (C=O) groups is 1. The summed E-state index contributed by atoms with van der Waals surface area (Å²) in [5, 5.41) is 16.9. The quantitative estimate of drug-likeness (QED) is 0.384. The van der Waals surface area contributed by atoms with Crippen LogP contribution in [0.15, 0.2) is 12.4 Å². The summed E-state index contributed by atoms with van der Waals surface area (Å²) in [6, 6.07) is 0. The number of amides is 1. The first-order valence-corrected chi connectivity index (χ1v) is 5.27. The summed E-state index contributed by atoms with van der Waals surface area (Å²) in [6.07, 6.45) is 3.43. The second kappa shape index (κ2) is 6.59. The Bertz CT molecular complexity index is 390. The predicted molar refractivity (Wildman–Crippen MR) is 60.2 cm³/mol. The number of aryl methyl sites for hydroxylation is 1. The van der Waals surface area contributed by atoms with E-state index in [1.807, 2.05) is 0 Å². The highest BCUT2D eigenvalue weighted by molar-refractivity contribution is 5.75. The SMILES string of the molecule is NCCCNC(=O)CCn1cc([N+](=O)[O-])cn1. The molecule has 3 N–H and O–H groups in total. The number of nitrogens with one attached hydrogen (secondary N) is 1. The molecule has 1 aromatic rings. The Hall–Kier alpha value is -1.96. The highest BCUT2D eigenvalue weighted by atomic mass is 16.6. The average molecular weight is 241 g/mol. The molecule has 0 atom stereocenters. The summed E-state index contributed by atoms with van der Waals surface area (Å²) < 4.78 is 1.38. The number of nitrogens with two attached hydrogens (primary N) is 1. The van der Waals surface area contributed by atoms with Crippen molar-refractivity contribution in [2.45, 2.75) is 19.4 Å². The number of aromatic nitrogens is 2. The van der Waals surface area contributed by atoms with Crippen molar-refractivity contribution in [2.24, 2.45) is 5.73 Å². The van der Waals surface area contributed by atoms with E-state index in [0.717, 1.165) is 12.6 Å². The van der Waals surface area contributed by atoms with Crippen LogP contribution in [0, 0.1) is 10.1 Å². The lowest BCUT2D eigenvalue weighted by atomic mass is 10.3. The van der Waals surface area contributed by atoms with Crippen LogP contribution in [0.3, 0.4) is 0 Å². The molecule has 94 valence electrons. The lowest BCUT2D eigenvalue weighted by Crippen LogP contribution is -2.26. The number of hydrogen-bond donors (Lipinski definition) is 2. The normalized spacial score (nSPS) is 10.2. The largest absolute Gasteiger partial charge is 0.356 e. The van der Waals surface area contributed by atoms with E-state index in [2.05, 4.69) is 10.4 Å². The molecule has 0 aliphatic rings. The zero-order valence-electron chi connectivity index (χ0n) is 9.33. The summed E-state index contributed by atoms with van der Waals surface area (Å²) in [5.41, 5.74) is 5.21. The molecule has 0 radical (unpaired) electrons. The van der Waals surface area contributed by atoms with Gasteiger partial charge in [-0.1, -0.05) is 0 Å². The third-order valence-corrected chi connectivity index (χ3v) is 2.10. The van der Waals surface area contributed by atoms with Crippen molar-refractivity contribution in [1.82, 2.24) is 15.1 Å². The van der Waals surface area contributed by atoms with Gasteiger partial charge in [0.15, 0.2) is 0 Å². The van der Waals surface area contributed by atoms with Gasteiger partial charge >= 0.3 is 5.69 Å². The molecule has 1 heterocycles. The van der Waals surface area contributed by atoms with E-state index in [9.17, 15) is 14.9 Å². The molecule has 0 unspecified atom stereocenters. The molecule has 0 aliphatic carbocycles. The monoisotopic (exact) mass is 241 g/mol. The summed E-state index contributed by atoms with van der Waals surface area (Å²) in [6.45, 7) is 1.41. The Morgan fingerprint density at radius 1 is 1.65 bits per heavy atom. The van der Waals surface area contributed by atoms with Crippen LogP contribution in [0.5, 0.6) is 0 Å². The van der Waals surface area contributed by atoms with Gasteiger partial charge in [-0.25, -0.2) is 0 Å². The number of hydrogen-bond acceptors (Lipinski definition) is 5. The molecule has 1 rings (SSSR count). The van der Waals surface area contributed by atoms with Crippen molar-refractivity contribution >= 4 is 11.6 Å². The highest BCUT2D eigenvalue weighted by Gasteiger charge is 2.09. The number of rotatable bonds is 7. The smallest absolute Gasteiger partial charge is 0.306 e. The van der Waals surface area contributed by atoms with Gasteiger partial charge in [0.2, 0.25) is 5.91 Å². The topological polar surface area (TPSA) is 116 Å². The van der Waals surface area contributed by atoms with Crippen LogP contribution in [0.4, 0.5) is 5.69 Å². The van der Waals surface area contributed by atoms with Crippen molar-refractivity contribution < 1.29 is 9.72 Å². The fourth-order valence-electron chi connectivity index (χ4n) is 1.20. The summed E-state index contributed by atoms with van der Waals surface area (Å²) in [7, 11) is 0. The van der Waals surface area contributed by atoms with Crippen LogP contribution in [0.25, 0.3) is 0 Å². The first kappa shape index (κ1) is 13.1. The molecule has 0 fully saturated rings. The number of carbonyl (C=O) groups excluding carboxylic acids is 1. The van der Waals surface area contributed by atoms with Crippen LogP contribution >= 0.6 is 0 Å². The van der Waals surface area contributed by atoms with E-state index in [1.54, 1.807) is 0 Å². The van der Waals surface area contributed by atoms with Gasteiger partial charge in [0.05, 0.1) is 4.92 Å². The standard InChI is InChI=1S/C9H15N5O3/c10-3-1-4-11-9(15)2-5-13-7-8(6-12-13)14(16)17/h6-7H,1-5,10H2,(H,11,15). The molecular weight excluding hydrogens is 226 g/mol. The van der Waals surface area contributed by atoms with E-state index in [0.29, 0.717) is 19.6 Å². The maximum Gasteiger partial charge on any atom is 0.306 e. The molecule has 17 heavy (non-hydrogen) atoms. The molecule has 0 bridgehead atoms. The van der Waals surface area contributed by atoms with Crippen molar-refractivity contribution in [3.05, 3.63) is 22.5 Å². The third-order valence-electron chi connectivity index (χ3n) is 2.10. The fraction of sp³-hybridized carbons (Fsp3) is 0.556. The maximum atomic E-state index is 11.3. The van der Waals surface area contributed by atoms with Gasteiger partial charge in [-0.3, -0.25) is 19.6 Å². The molecule has 8 heteroatoms. The minimum atomic E-state index is -0.523. The average Bonchev–Trinajstić information content (AvgIpc) is 2.75. The van der Waals surface area contributed by atoms with Crippen LogP contribution in [0.1, 0.15) is 12.8 Å². The molecular formula is C9H15N5O3. The van der Waals surface area contributed by atoms with E-state index in [1.165, 1.54) is 10.9 Å². The Morgan fingerprint density at radius 2 is 2.41 bits per heavy atom. The molecule has 0 saturated heterocycles. The van der Waals surface area contributed by atoms with Crippen LogP contribution in [-0.2, 0) is 11.3 Å². The molecule has 0 saturated carbocycles. The van der Waals surface area contributed by atoms with Crippen molar-refractivity contribution in [1.29, 1.82) is 0 Å². The summed E-state index contributed by atoms with van der Waals surface area (Å²) in [4.78, 5) is 21.2. The van der Waals surface area contributed by atoms with Gasteiger partial charge in [-0.2, -0.15) is 5.10 Å². The van der Waals surface area contributed by atoms with Gasteiger partial charge in [0.25, 0.3) is 0 Å². The van der Waals surface area contributed by atoms with Crippen molar-refractivity contribution in [3.63, 3.8) is 0 Å². The summed E-state index contributed by atoms with van der Waals surface area (Å²) in [5.74, 6) is -0.114. The Balaban J connectivity index is 2.29. The lowest BCUT2D eigenvalue weighted by molar-refractivity contribution is -0.385. The fourth-order valence-corrected chi connectivity index (χ4v) is 1.20. The Morgan fingerprint density at radius 3 is 3.00 bits per heavy atom. The summed E-state index contributed by atoms with van der Waals surface area (Å²) >= 11 is 0. The first-order chi connectivity index (χ1) is 8.13. The lowest BCUT2D eigenvalue weighted by Gasteiger charge is -2.03. The van der Waals surface area contributed by atoms with Crippen LogP contribution in [0.2, 0.25) is 0 Å². The van der Waals surface area contributed by atoms with E-state index < -0.39 is 4.92 Å². The molecule has 0 aliphatic heterocycles. The molecule has 1 aromatic heterocycles. The van der Waals surface area contributed by atoms with Gasteiger partial charge < -0.3 is 11.1 Å². The van der Waals surface area contributed by atoms with Gasteiger partial charge in [-0.05, 0) is 13.0 Å². The zero-order valence-corrected chi connectivity index (χ0v) is 9.33. The Kier molecular flexibility index (Phi) is 5.08. The minimum absolute atomic E-state index is 0.0754.